The van der Waals surface area contributed by atoms with E-state index in [4.69, 9.17) is 4.74 Å². The molecule has 4 unspecified atom stereocenters. The Morgan fingerprint density at radius 2 is 1.89 bits per heavy atom. The highest BCUT2D eigenvalue weighted by Crippen LogP contribution is 2.29. The van der Waals surface area contributed by atoms with Crippen molar-refractivity contribution in [2.45, 2.75) is 38.3 Å². The van der Waals surface area contributed by atoms with Crippen LogP contribution in [-0.4, -0.2) is 47.7 Å². The van der Waals surface area contributed by atoms with E-state index >= 15 is 0 Å². The summed E-state index contributed by atoms with van der Waals surface area (Å²) in [4.78, 5) is 25.5. The number of carboxylic acids is 1. The second-order valence-electron chi connectivity index (χ2n) is 5.38. The van der Waals surface area contributed by atoms with Gasteiger partial charge in [-0.1, -0.05) is 12.2 Å². The first-order valence-electron chi connectivity index (χ1n) is 6.78. The molecule has 5 heteroatoms. The summed E-state index contributed by atoms with van der Waals surface area (Å²) in [5.74, 6) is -2.00. The molecule has 1 heterocycles. The van der Waals surface area contributed by atoms with Gasteiger partial charge in [0.05, 0.1) is 24.0 Å². The van der Waals surface area contributed by atoms with Gasteiger partial charge in [-0.25, -0.2) is 0 Å². The van der Waals surface area contributed by atoms with E-state index < -0.39 is 17.8 Å². The maximum Gasteiger partial charge on any atom is 0.307 e. The molecular formula is C14H21NO4. The Kier molecular flexibility index (Phi) is 4.24. The molecule has 0 aromatic carbocycles. The molecular weight excluding hydrogens is 246 g/mol. The van der Waals surface area contributed by atoms with Crippen molar-refractivity contribution in [1.82, 2.24) is 4.90 Å². The number of allylic oxidation sites excluding steroid dienone is 2. The Morgan fingerprint density at radius 3 is 2.42 bits per heavy atom. The van der Waals surface area contributed by atoms with Crippen molar-refractivity contribution in [1.29, 1.82) is 0 Å². The second kappa shape index (κ2) is 5.74. The van der Waals surface area contributed by atoms with Gasteiger partial charge in [0.25, 0.3) is 0 Å². The van der Waals surface area contributed by atoms with Crippen molar-refractivity contribution in [3.8, 4) is 0 Å². The second-order valence-corrected chi connectivity index (χ2v) is 5.38. The number of ether oxygens (including phenoxy) is 1. The molecule has 2 aliphatic rings. The van der Waals surface area contributed by atoms with Crippen LogP contribution in [0.15, 0.2) is 12.2 Å². The number of nitrogens with zero attached hydrogens (tertiary/aromatic N) is 1. The minimum Gasteiger partial charge on any atom is -0.481 e. The Hall–Kier alpha value is -1.36. The first-order valence-corrected chi connectivity index (χ1v) is 6.78. The Morgan fingerprint density at radius 1 is 1.26 bits per heavy atom. The van der Waals surface area contributed by atoms with E-state index in [-0.39, 0.29) is 18.1 Å². The fourth-order valence-electron chi connectivity index (χ4n) is 3.01. The van der Waals surface area contributed by atoms with Crippen LogP contribution in [0, 0.1) is 11.8 Å². The SMILES string of the molecule is CC1OCCC1N(C)C(=O)C1CC=CCC1C(=O)O. The van der Waals surface area contributed by atoms with Crippen LogP contribution in [0.25, 0.3) is 0 Å². The van der Waals surface area contributed by atoms with Crippen LogP contribution in [0.5, 0.6) is 0 Å². The molecule has 1 aliphatic heterocycles. The van der Waals surface area contributed by atoms with Crippen LogP contribution in [0.4, 0.5) is 0 Å². The van der Waals surface area contributed by atoms with Gasteiger partial charge < -0.3 is 14.7 Å². The number of rotatable bonds is 3. The average Bonchev–Trinajstić information content (AvgIpc) is 2.83. The summed E-state index contributed by atoms with van der Waals surface area (Å²) in [5, 5.41) is 9.23. The molecule has 0 radical (unpaired) electrons. The standard InChI is InChI=1S/C14H21NO4/c1-9-12(7-8-19-9)15(2)13(16)10-5-3-4-6-11(10)14(17)18/h3-4,9-12H,5-8H2,1-2H3,(H,17,18). The van der Waals surface area contributed by atoms with Crippen LogP contribution in [0.2, 0.25) is 0 Å². The zero-order valence-electron chi connectivity index (χ0n) is 11.4. The molecule has 0 aromatic heterocycles. The van der Waals surface area contributed by atoms with Gasteiger partial charge in [0.2, 0.25) is 5.91 Å². The first-order chi connectivity index (χ1) is 9.02. The quantitative estimate of drug-likeness (QED) is 0.782. The smallest absolute Gasteiger partial charge is 0.307 e. The van der Waals surface area contributed by atoms with E-state index in [1.54, 1.807) is 11.9 Å². The normalized spacial score (nSPS) is 34.2. The monoisotopic (exact) mass is 267 g/mol. The highest BCUT2D eigenvalue weighted by Gasteiger charge is 2.39. The van der Waals surface area contributed by atoms with Gasteiger partial charge in [-0.15, -0.1) is 0 Å². The number of aliphatic carboxylic acids is 1. The number of carboxylic acid groups (broad SMARTS) is 1. The summed E-state index contributed by atoms with van der Waals surface area (Å²) in [6.07, 6.45) is 5.56. The highest BCUT2D eigenvalue weighted by molar-refractivity contribution is 5.85. The third kappa shape index (κ3) is 2.81. The van der Waals surface area contributed by atoms with Gasteiger partial charge in [-0.05, 0) is 26.2 Å². The molecule has 1 N–H and O–H groups in total. The highest BCUT2D eigenvalue weighted by atomic mass is 16.5. The van der Waals surface area contributed by atoms with Crippen molar-refractivity contribution in [3.05, 3.63) is 12.2 Å². The number of carbonyl (C=O) groups excluding carboxylic acids is 1. The lowest BCUT2D eigenvalue weighted by Gasteiger charge is -2.33. The van der Waals surface area contributed by atoms with Crippen molar-refractivity contribution in [2.75, 3.05) is 13.7 Å². The minimum absolute atomic E-state index is 0.0244. The zero-order valence-corrected chi connectivity index (χ0v) is 11.4. The molecule has 5 nitrogen and oxygen atoms in total. The van der Waals surface area contributed by atoms with Crippen LogP contribution in [-0.2, 0) is 14.3 Å². The Bertz CT molecular complexity index is 393. The van der Waals surface area contributed by atoms with Gasteiger partial charge in [0.15, 0.2) is 0 Å². The largest absolute Gasteiger partial charge is 0.481 e. The van der Waals surface area contributed by atoms with E-state index in [2.05, 4.69) is 0 Å². The summed E-state index contributed by atoms with van der Waals surface area (Å²) in [6.45, 7) is 2.62. The third-order valence-electron chi connectivity index (χ3n) is 4.25. The number of hydrogen-bond donors (Lipinski definition) is 1. The van der Waals surface area contributed by atoms with Crippen LogP contribution in [0.1, 0.15) is 26.2 Å². The topological polar surface area (TPSA) is 66.8 Å². The summed E-state index contributed by atoms with van der Waals surface area (Å²) in [7, 11) is 1.76. The third-order valence-corrected chi connectivity index (χ3v) is 4.25. The molecule has 1 amide bonds. The predicted molar refractivity (Wildman–Crippen MR) is 69.6 cm³/mol. The van der Waals surface area contributed by atoms with Gasteiger partial charge in [-0.2, -0.15) is 0 Å². The molecule has 19 heavy (non-hydrogen) atoms. The fourth-order valence-corrected chi connectivity index (χ4v) is 3.01. The lowest BCUT2D eigenvalue weighted by molar-refractivity contribution is -0.151. The molecule has 1 saturated heterocycles. The van der Waals surface area contributed by atoms with Crippen LogP contribution >= 0.6 is 0 Å². The Labute approximate surface area is 113 Å². The van der Waals surface area contributed by atoms with E-state index in [1.165, 1.54) is 0 Å². The number of amides is 1. The van der Waals surface area contributed by atoms with Crippen molar-refractivity contribution in [2.24, 2.45) is 11.8 Å². The molecule has 0 aromatic rings. The van der Waals surface area contributed by atoms with Crippen molar-refractivity contribution in [3.63, 3.8) is 0 Å². The summed E-state index contributed by atoms with van der Waals surface area (Å²) in [6, 6.07) is 0.0628. The molecule has 106 valence electrons. The first kappa shape index (κ1) is 14.1. The lowest BCUT2D eigenvalue weighted by atomic mass is 9.82. The maximum atomic E-state index is 12.5. The van der Waals surface area contributed by atoms with E-state index in [0.29, 0.717) is 19.4 Å². The van der Waals surface area contributed by atoms with E-state index in [9.17, 15) is 14.7 Å². The minimum atomic E-state index is -0.883. The molecule has 1 fully saturated rings. The zero-order chi connectivity index (χ0) is 14.0. The van der Waals surface area contributed by atoms with E-state index in [0.717, 1.165) is 6.42 Å². The molecule has 0 spiro atoms. The number of hydrogen-bond acceptors (Lipinski definition) is 3. The average molecular weight is 267 g/mol. The molecule has 0 saturated carbocycles. The van der Waals surface area contributed by atoms with Crippen LogP contribution in [0.3, 0.4) is 0 Å². The van der Waals surface area contributed by atoms with Gasteiger partial charge in [0, 0.05) is 13.7 Å². The van der Waals surface area contributed by atoms with Gasteiger partial charge in [0.1, 0.15) is 0 Å². The summed E-state index contributed by atoms with van der Waals surface area (Å²) < 4.78 is 5.47. The number of carbonyl (C=O) groups is 2. The maximum absolute atomic E-state index is 12.5. The molecule has 0 bridgehead atoms. The Balaban J connectivity index is 2.09. The fraction of sp³-hybridized carbons (Fsp3) is 0.714. The predicted octanol–water partition coefficient (Wildman–Crippen LogP) is 1.29. The van der Waals surface area contributed by atoms with Gasteiger partial charge in [-0.3, -0.25) is 9.59 Å². The van der Waals surface area contributed by atoms with Crippen molar-refractivity contribution < 1.29 is 19.4 Å². The molecule has 2 rings (SSSR count). The number of likely N-dealkylation sites (N-methyl/N-ethyl adjacent to an activating group) is 1. The molecule has 4 atom stereocenters. The summed E-state index contributed by atoms with van der Waals surface area (Å²) in [5.41, 5.74) is 0. The van der Waals surface area contributed by atoms with Crippen molar-refractivity contribution >= 4 is 11.9 Å². The van der Waals surface area contributed by atoms with Crippen LogP contribution < -0.4 is 0 Å². The molecule has 1 aliphatic carbocycles. The van der Waals surface area contributed by atoms with E-state index in [1.807, 2.05) is 19.1 Å². The summed E-state index contributed by atoms with van der Waals surface area (Å²) >= 11 is 0. The lowest BCUT2D eigenvalue weighted by Crippen LogP contribution is -2.46. The van der Waals surface area contributed by atoms with Gasteiger partial charge >= 0.3 is 5.97 Å².